The molecule has 1 amide bonds. The van der Waals surface area contributed by atoms with Crippen LogP contribution in [0.4, 0.5) is 0 Å². The quantitative estimate of drug-likeness (QED) is 0.786. The van der Waals surface area contributed by atoms with Crippen molar-refractivity contribution < 1.29 is 18.7 Å². The van der Waals surface area contributed by atoms with E-state index in [1.807, 2.05) is 0 Å². The van der Waals surface area contributed by atoms with Crippen LogP contribution in [0.15, 0.2) is 16.7 Å². The van der Waals surface area contributed by atoms with E-state index in [1.54, 1.807) is 24.8 Å². The van der Waals surface area contributed by atoms with Gasteiger partial charge in [0.05, 0.1) is 18.4 Å². The van der Waals surface area contributed by atoms with E-state index in [0.717, 1.165) is 12.8 Å². The maximum absolute atomic E-state index is 12.5. The average molecular weight is 265 g/mol. The van der Waals surface area contributed by atoms with Gasteiger partial charge in [-0.15, -0.1) is 0 Å². The first-order valence-electron chi connectivity index (χ1n) is 6.66. The third-order valence-electron chi connectivity index (χ3n) is 3.41. The number of nitrogens with zero attached hydrogens (tertiary/aromatic N) is 1. The lowest BCUT2D eigenvalue weighted by molar-refractivity contribution is -0.149. The second kappa shape index (κ2) is 5.91. The van der Waals surface area contributed by atoms with E-state index in [4.69, 9.17) is 9.15 Å². The van der Waals surface area contributed by atoms with Crippen molar-refractivity contribution in [3.05, 3.63) is 23.7 Å². The maximum Gasteiger partial charge on any atom is 0.328 e. The lowest BCUT2D eigenvalue weighted by Gasteiger charge is -2.33. The Bertz CT molecular complexity index is 466. The second-order valence-electron chi connectivity index (χ2n) is 4.65. The van der Waals surface area contributed by atoms with Gasteiger partial charge in [0, 0.05) is 6.54 Å². The molecule has 0 aromatic carbocycles. The first-order valence-corrected chi connectivity index (χ1v) is 6.66. The Balaban J connectivity index is 2.18. The lowest BCUT2D eigenvalue weighted by atomic mass is 10.0. The van der Waals surface area contributed by atoms with E-state index in [0.29, 0.717) is 30.9 Å². The summed E-state index contributed by atoms with van der Waals surface area (Å²) in [7, 11) is 0. The number of hydrogen-bond donors (Lipinski definition) is 0. The molecule has 5 nitrogen and oxygen atoms in total. The second-order valence-corrected chi connectivity index (χ2v) is 4.65. The van der Waals surface area contributed by atoms with Crippen LogP contribution in [0.5, 0.6) is 0 Å². The van der Waals surface area contributed by atoms with E-state index in [9.17, 15) is 9.59 Å². The van der Waals surface area contributed by atoms with Crippen molar-refractivity contribution in [3.8, 4) is 0 Å². The molecule has 0 aliphatic carbocycles. The SMILES string of the molecule is CCOC(=O)C1CCCCN1C(=O)c1ccoc1C. The molecule has 1 aromatic heterocycles. The zero-order valence-electron chi connectivity index (χ0n) is 11.3. The minimum Gasteiger partial charge on any atom is -0.469 e. The molecule has 0 saturated carbocycles. The van der Waals surface area contributed by atoms with Crippen LogP contribution in [0, 0.1) is 6.92 Å². The summed E-state index contributed by atoms with van der Waals surface area (Å²) in [6, 6.07) is 1.18. The van der Waals surface area contributed by atoms with Gasteiger partial charge in [-0.2, -0.15) is 0 Å². The van der Waals surface area contributed by atoms with Crippen molar-refractivity contribution in [2.24, 2.45) is 0 Å². The molecule has 19 heavy (non-hydrogen) atoms. The minimum absolute atomic E-state index is 0.149. The fourth-order valence-electron chi connectivity index (χ4n) is 2.42. The van der Waals surface area contributed by atoms with Gasteiger partial charge in [0.1, 0.15) is 11.8 Å². The predicted octanol–water partition coefficient (Wildman–Crippen LogP) is 2.15. The van der Waals surface area contributed by atoms with Gasteiger partial charge in [0.2, 0.25) is 0 Å². The maximum atomic E-state index is 12.5. The van der Waals surface area contributed by atoms with E-state index in [1.165, 1.54) is 6.26 Å². The van der Waals surface area contributed by atoms with Gasteiger partial charge in [0.15, 0.2) is 0 Å². The van der Waals surface area contributed by atoms with Crippen LogP contribution in [0.3, 0.4) is 0 Å². The molecule has 2 rings (SSSR count). The van der Waals surface area contributed by atoms with Crippen LogP contribution >= 0.6 is 0 Å². The molecular weight excluding hydrogens is 246 g/mol. The first-order chi connectivity index (χ1) is 9.15. The number of amides is 1. The van der Waals surface area contributed by atoms with Gasteiger partial charge < -0.3 is 14.1 Å². The highest BCUT2D eigenvalue weighted by molar-refractivity contribution is 5.97. The fraction of sp³-hybridized carbons (Fsp3) is 0.571. The molecule has 5 heteroatoms. The Morgan fingerprint density at radius 1 is 1.47 bits per heavy atom. The highest BCUT2D eigenvalue weighted by Gasteiger charge is 2.34. The van der Waals surface area contributed by atoms with Crippen molar-refractivity contribution in [1.82, 2.24) is 4.90 Å². The van der Waals surface area contributed by atoms with Gasteiger partial charge in [-0.1, -0.05) is 0 Å². The number of piperidine rings is 1. The van der Waals surface area contributed by atoms with Gasteiger partial charge in [-0.3, -0.25) is 4.79 Å². The van der Waals surface area contributed by atoms with E-state index >= 15 is 0 Å². The number of aryl methyl sites for hydroxylation is 1. The number of carbonyl (C=O) groups excluding carboxylic acids is 2. The van der Waals surface area contributed by atoms with Gasteiger partial charge >= 0.3 is 5.97 Å². The molecule has 0 N–H and O–H groups in total. The van der Waals surface area contributed by atoms with Gasteiger partial charge in [0.25, 0.3) is 5.91 Å². The summed E-state index contributed by atoms with van der Waals surface area (Å²) in [6.07, 6.45) is 4.02. The number of ether oxygens (including phenoxy) is 1. The van der Waals surface area contributed by atoms with Crippen molar-refractivity contribution in [2.45, 2.75) is 39.2 Å². The molecule has 0 spiro atoms. The number of esters is 1. The standard InChI is InChI=1S/C14H19NO4/c1-3-18-14(17)12-6-4-5-8-15(12)13(16)11-7-9-19-10(11)2/h7,9,12H,3-6,8H2,1-2H3. The zero-order valence-corrected chi connectivity index (χ0v) is 11.3. The van der Waals surface area contributed by atoms with Crippen molar-refractivity contribution in [1.29, 1.82) is 0 Å². The molecule has 1 saturated heterocycles. The minimum atomic E-state index is -0.463. The Morgan fingerprint density at radius 3 is 2.89 bits per heavy atom. The summed E-state index contributed by atoms with van der Waals surface area (Å²) in [5.41, 5.74) is 0.524. The summed E-state index contributed by atoms with van der Waals surface area (Å²) in [6.45, 7) is 4.44. The summed E-state index contributed by atoms with van der Waals surface area (Å²) >= 11 is 0. The molecule has 1 aliphatic heterocycles. The number of hydrogen-bond acceptors (Lipinski definition) is 4. The summed E-state index contributed by atoms with van der Waals surface area (Å²) in [4.78, 5) is 26.0. The van der Waals surface area contributed by atoms with Crippen molar-refractivity contribution >= 4 is 11.9 Å². The molecule has 1 aromatic rings. The molecular formula is C14H19NO4. The highest BCUT2D eigenvalue weighted by atomic mass is 16.5. The highest BCUT2D eigenvalue weighted by Crippen LogP contribution is 2.22. The summed E-state index contributed by atoms with van der Waals surface area (Å²) < 4.78 is 10.2. The molecule has 0 radical (unpaired) electrons. The third kappa shape index (κ3) is 2.80. The van der Waals surface area contributed by atoms with Crippen LogP contribution in [-0.4, -0.2) is 36.0 Å². The molecule has 1 unspecified atom stereocenters. The van der Waals surface area contributed by atoms with Gasteiger partial charge in [-0.25, -0.2) is 4.79 Å². The average Bonchev–Trinajstić information content (AvgIpc) is 2.84. The number of furan rings is 1. The molecule has 1 atom stereocenters. The van der Waals surface area contributed by atoms with Gasteiger partial charge in [-0.05, 0) is 39.2 Å². The van der Waals surface area contributed by atoms with Crippen LogP contribution < -0.4 is 0 Å². The van der Waals surface area contributed by atoms with Crippen LogP contribution in [-0.2, 0) is 9.53 Å². The number of rotatable bonds is 3. The van der Waals surface area contributed by atoms with Crippen LogP contribution in [0.2, 0.25) is 0 Å². The van der Waals surface area contributed by atoms with E-state index in [-0.39, 0.29) is 11.9 Å². The van der Waals surface area contributed by atoms with Crippen LogP contribution in [0.1, 0.15) is 42.3 Å². The number of carbonyl (C=O) groups is 2. The zero-order chi connectivity index (χ0) is 13.8. The van der Waals surface area contributed by atoms with E-state index in [2.05, 4.69) is 0 Å². The number of likely N-dealkylation sites (tertiary alicyclic amines) is 1. The van der Waals surface area contributed by atoms with E-state index < -0.39 is 6.04 Å². The lowest BCUT2D eigenvalue weighted by Crippen LogP contribution is -2.48. The Morgan fingerprint density at radius 2 is 2.26 bits per heavy atom. The first kappa shape index (κ1) is 13.6. The molecule has 1 fully saturated rings. The fourth-order valence-corrected chi connectivity index (χ4v) is 2.42. The summed E-state index contributed by atoms with van der Waals surface area (Å²) in [5, 5.41) is 0. The van der Waals surface area contributed by atoms with Crippen molar-refractivity contribution in [3.63, 3.8) is 0 Å². The largest absolute Gasteiger partial charge is 0.469 e. The topological polar surface area (TPSA) is 59.8 Å². The molecule has 104 valence electrons. The normalized spacial score (nSPS) is 19.3. The Labute approximate surface area is 112 Å². The summed E-state index contributed by atoms with van der Waals surface area (Å²) in [5.74, 6) is 0.124. The van der Waals surface area contributed by atoms with Crippen LogP contribution in [0.25, 0.3) is 0 Å². The monoisotopic (exact) mass is 265 g/mol. The predicted molar refractivity (Wildman–Crippen MR) is 68.8 cm³/mol. The Kier molecular flexibility index (Phi) is 4.24. The third-order valence-corrected chi connectivity index (χ3v) is 3.41. The molecule has 1 aliphatic rings. The molecule has 2 heterocycles. The van der Waals surface area contributed by atoms with Crippen molar-refractivity contribution in [2.75, 3.05) is 13.2 Å². The Hall–Kier alpha value is -1.78. The molecule has 0 bridgehead atoms. The smallest absolute Gasteiger partial charge is 0.328 e.